The molecule has 0 heterocycles. The van der Waals surface area contributed by atoms with E-state index in [9.17, 15) is 9.59 Å². The van der Waals surface area contributed by atoms with E-state index in [4.69, 9.17) is 4.74 Å². The molecule has 0 unspecified atom stereocenters. The average molecular weight is 320 g/mol. The molecular weight excluding hydrogens is 292 g/mol. The highest BCUT2D eigenvalue weighted by atomic mass is 16.5. The molecule has 0 fully saturated rings. The van der Waals surface area contributed by atoms with E-state index in [-0.39, 0.29) is 24.4 Å². The molecule has 2 amide bonds. The minimum absolute atomic E-state index is 0.0656. The normalized spacial score (nSPS) is 10.5. The molecule has 0 aliphatic heterocycles. The molecule has 0 bridgehead atoms. The first-order valence-electron chi connectivity index (χ1n) is 8.29. The summed E-state index contributed by atoms with van der Waals surface area (Å²) in [6.45, 7) is 9.00. The first-order chi connectivity index (χ1) is 11.0. The Labute approximate surface area is 139 Å². The number of carbonyl (C=O) groups excluding carboxylic acids is 2. The standard InChI is InChI=1S/C18H28N2O3/c1-5-7-12-23-16-10-8-15(9-11-16)18(22)20(6-2)13-17(21)19-14(3)4/h8-11,14H,5-7,12-13H2,1-4H3,(H,19,21). The van der Waals surface area contributed by atoms with E-state index in [1.54, 1.807) is 24.3 Å². The van der Waals surface area contributed by atoms with Gasteiger partial charge in [0, 0.05) is 18.2 Å². The summed E-state index contributed by atoms with van der Waals surface area (Å²) in [7, 11) is 0. The van der Waals surface area contributed by atoms with Gasteiger partial charge in [-0.15, -0.1) is 0 Å². The molecule has 1 rings (SSSR count). The monoisotopic (exact) mass is 320 g/mol. The van der Waals surface area contributed by atoms with Crippen LogP contribution in [-0.4, -0.2) is 42.5 Å². The van der Waals surface area contributed by atoms with Gasteiger partial charge in [0.05, 0.1) is 13.2 Å². The van der Waals surface area contributed by atoms with Gasteiger partial charge in [0.25, 0.3) is 5.91 Å². The number of nitrogens with one attached hydrogen (secondary N) is 1. The van der Waals surface area contributed by atoms with Crippen LogP contribution in [0, 0.1) is 0 Å². The van der Waals surface area contributed by atoms with E-state index in [0.29, 0.717) is 18.7 Å². The van der Waals surface area contributed by atoms with Gasteiger partial charge in [-0.2, -0.15) is 0 Å². The number of carbonyl (C=O) groups is 2. The molecule has 0 aromatic heterocycles. The lowest BCUT2D eigenvalue weighted by Gasteiger charge is -2.21. The number of rotatable bonds is 9. The zero-order valence-electron chi connectivity index (χ0n) is 14.6. The van der Waals surface area contributed by atoms with Crippen molar-refractivity contribution in [1.82, 2.24) is 10.2 Å². The van der Waals surface area contributed by atoms with Crippen LogP contribution in [0.2, 0.25) is 0 Å². The van der Waals surface area contributed by atoms with Gasteiger partial charge in [-0.05, 0) is 51.5 Å². The SMILES string of the molecule is CCCCOc1ccc(C(=O)N(CC)CC(=O)NC(C)C)cc1. The summed E-state index contributed by atoms with van der Waals surface area (Å²) < 4.78 is 5.59. The Kier molecular flexibility index (Phi) is 8.16. The lowest BCUT2D eigenvalue weighted by atomic mass is 10.2. The number of hydrogen-bond donors (Lipinski definition) is 1. The van der Waals surface area contributed by atoms with Gasteiger partial charge in [-0.1, -0.05) is 13.3 Å². The Morgan fingerprint density at radius 2 is 1.83 bits per heavy atom. The molecule has 0 atom stereocenters. The summed E-state index contributed by atoms with van der Waals surface area (Å²) in [5.74, 6) is 0.469. The van der Waals surface area contributed by atoms with E-state index in [1.165, 1.54) is 4.90 Å². The van der Waals surface area contributed by atoms with Crippen LogP contribution in [0.15, 0.2) is 24.3 Å². The summed E-state index contributed by atoms with van der Waals surface area (Å²) >= 11 is 0. The fourth-order valence-electron chi connectivity index (χ4n) is 2.08. The fraction of sp³-hybridized carbons (Fsp3) is 0.556. The van der Waals surface area contributed by atoms with Crippen LogP contribution in [0.1, 0.15) is 50.9 Å². The van der Waals surface area contributed by atoms with Crippen LogP contribution >= 0.6 is 0 Å². The average Bonchev–Trinajstić information content (AvgIpc) is 2.52. The maximum absolute atomic E-state index is 12.5. The van der Waals surface area contributed by atoms with Gasteiger partial charge in [0.2, 0.25) is 5.91 Å². The smallest absolute Gasteiger partial charge is 0.254 e. The maximum atomic E-state index is 12.5. The lowest BCUT2D eigenvalue weighted by Crippen LogP contribution is -2.42. The van der Waals surface area contributed by atoms with Gasteiger partial charge in [0.15, 0.2) is 0 Å². The molecule has 128 valence electrons. The van der Waals surface area contributed by atoms with Crippen molar-refractivity contribution in [2.45, 2.75) is 46.6 Å². The number of unbranched alkanes of at least 4 members (excludes halogenated alkanes) is 1. The third-order valence-corrected chi connectivity index (χ3v) is 3.32. The Hall–Kier alpha value is -2.04. The Morgan fingerprint density at radius 3 is 2.35 bits per heavy atom. The van der Waals surface area contributed by atoms with Crippen molar-refractivity contribution in [3.63, 3.8) is 0 Å². The van der Waals surface area contributed by atoms with E-state index in [0.717, 1.165) is 18.6 Å². The summed E-state index contributed by atoms with van der Waals surface area (Å²) in [6.07, 6.45) is 2.09. The zero-order valence-corrected chi connectivity index (χ0v) is 14.6. The van der Waals surface area contributed by atoms with Crippen LogP contribution < -0.4 is 10.1 Å². The molecule has 0 saturated carbocycles. The minimum Gasteiger partial charge on any atom is -0.494 e. The third kappa shape index (κ3) is 6.72. The first kappa shape index (κ1) is 19.0. The molecule has 0 saturated heterocycles. The molecule has 1 N–H and O–H groups in total. The van der Waals surface area contributed by atoms with E-state index in [2.05, 4.69) is 12.2 Å². The van der Waals surface area contributed by atoms with Gasteiger partial charge < -0.3 is 15.0 Å². The molecule has 5 nitrogen and oxygen atoms in total. The largest absolute Gasteiger partial charge is 0.494 e. The Balaban J connectivity index is 2.64. The molecule has 5 heteroatoms. The zero-order chi connectivity index (χ0) is 17.2. The van der Waals surface area contributed by atoms with Crippen molar-refractivity contribution >= 4 is 11.8 Å². The maximum Gasteiger partial charge on any atom is 0.254 e. The summed E-state index contributed by atoms with van der Waals surface area (Å²) in [5, 5.41) is 2.80. The summed E-state index contributed by atoms with van der Waals surface area (Å²) in [4.78, 5) is 25.8. The van der Waals surface area contributed by atoms with E-state index >= 15 is 0 Å². The molecule has 0 aliphatic carbocycles. The molecule has 0 spiro atoms. The fourth-order valence-corrected chi connectivity index (χ4v) is 2.08. The highest BCUT2D eigenvalue weighted by Crippen LogP contribution is 2.14. The van der Waals surface area contributed by atoms with Gasteiger partial charge >= 0.3 is 0 Å². The minimum atomic E-state index is -0.147. The van der Waals surface area contributed by atoms with Crippen LogP contribution in [0.5, 0.6) is 5.75 Å². The van der Waals surface area contributed by atoms with Gasteiger partial charge in [-0.3, -0.25) is 9.59 Å². The second-order valence-electron chi connectivity index (χ2n) is 5.77. The van der Waals surface area contributed by atoms with Crippen molar-refractivity contribution < 1.29 is 14.3 Å². The van der Waals surface area contributed by atoms with Gasteiger partial charge in [-0.25, -0.2) is 0 Å². The molecule has 1 aromatic carbocycles. The van der Waals surface area contributed by atoms with Crippen molar-refractivity contribution in [3.05, 3.63) is 29.8 Å². The van der Waals surface area contributed by atoms with Crippen LogP contribution in [-0.2, 0) is 4.79 Å². The molecule has 0 radical (unpaired) electrons. The Morgan fingerprint density at radius 1 is 1.17 bits per heavy atom. The number of amides is 2. The number of likely N-dealkylation sites (N-methyl/N-ethyl adjacent to an activating group) is 1. The first-order valence-corrected chi connectivity index (χ1v) is 8.29. The lowest BCUT2D eigenvalue weighted by molar-refractivity contribution is -0.122. The van der Waals surface area contributed by atoms with Crippen LogP contribution in [0.3, 0.4) is 0 Å². The van der Waals surface area contributed by atoms with Crippen molar-refractivity contribution in [2.75, 3.05) is 19.7 Å². The molecule has 1 aromatic rings. The van der Waals surface area contributed by atoms with Crippen LogP contribution in [0.25, 0.3) is 0 Å². The number of nitrogens with zero attached hydrogens (tertiary/aromatic N) is 1. The van der Waals surface area contributed by atoms with Crippen molar-refractivity contribution in [2.24, 2.45) is 0 Å². The van der Waals surface area contributed by atoms with Crippen molar-refractivity contribution in [3.8, 4) is 5.75 Å². The Bertz CT molecular complexity index is 497. The third-order valence-electron chi connectivity index (χ3n) is 3.32. The van der Waals surface area contributed by atoms with E-state index < -0.39 is 0 Å². The predicted octanol–water partition coefficient (Wildman–Crippen LogP) is 2.85. The second-order valence-corrected chi connectivity index (χ2v) is 5.77. The molecular formula is C18H28N2O3. The van der Waals surface area contributed by atoms with Crippen LogP contribution in [0.4, 0.5) is 0 Å². The summed E-state index contributed by atoms with van der Waals surface area (Å²) in [6, 6.07) is 7.14. The number of hydrogen-bond acceptors (Lipinski definition) is 3. The highest BCUT2D eigenvalue weighted by Gasteiger charge is 2.17. The number of benzene rings is 1. The summed E-state index contributed by atoms with van der Waals surface area (Å²) in [5.41, 5.74) is 0.562. The van der Waals surface area contributed by atoms with E-state index in [1.807, 2.05) is 20.8 Å². The second kappa shape index (κ2) is 9.87. The predicted molar refractivity (Wildman–Crippen MR) is 91.7 cm³/mol. The van der Waals surface area contributed by atoms with Crippen molar-refractivity contribution in [1.29, 1.82) is 0 Å². The topological polar surface area (TPSA) is 58.6 Å². The molecule has 0 aliphatic rings. The quantitative estimate of drug-likeness (QED) is 0.712. The van der Waals surface area contributed by atoms with Gasteiger partial charge in [0.1, 0.15) is 5.75 Å². The number of ether oxygens (including phenoxy) is 1. The molecule has 23 heavy (non-hydrogen) atoms. The highest BCUT2D eigenvalue weighted by molar-refractivity contribution is 5.96.